The molecule has 1 aliphatic heterocycles. The van der Waals surface area contributed by atoms with Crippen LogP contribution in [0.2, 0.25) is 0 Å². The largest absolute Gasteiger partial charge is 0.455 e. The standard InChI is InChI=1S/C19H25NO4/c21-17(20-13-16-9-6-12-23-16)14-24-18(22)19(10-4-5-11-19)15-7-2-1-3-8-15/h1-3,7-8,16H,4-6,9-14H2,(H,20,21)/t16-/m1/s1. The van der Waals surface area contributed by atoms with E-state index < -0.39 is 5.41 Å². The molecule has 0 spiro atoms. The first kappa shape index (κ1) is 17.0. The van der Waals surface area contributed by atoms with Crippen LogP contribution < -0.4 is 5.32 Å². The Morgan fingerprint density at radius 2 is 1.92 bits per heavy atom. The molecule has 2 aliphatic rings. The van der Waals surface area contributed by atoms with Gasteiger partial charge in [0.25, 0.3) is 5.91 Å². The second-order valence-corrected chi connectivity index (χ2v) is 6.67. The Kier molecular flexibility index (Phi) is 5.51. The second kappa shape index (κ2) is 7.79. The van der Waals surface area contributed by atoms with Crippen LogP contribution in [0.25, 0.3) is 0 Å². The van der Waals surface area contributed by atoms with Crippen molar-refractivity contribution in [1.82, 2.24) is 5.32 Å². The lowest BCUT2D eigenvalue weighted by molar-refractivity contribution is -0.154. The van der Waals surface area contributed by atoms with Gasteiger partial charge in [-0.2, -0.15) is 0 Å². The third kappa shape index (κ3) is 3.78. The highest BCUT2D eigenvalue weighted by molar-refractivity contribution is 5.86. The summed E-state index contributed by atoms with van der Waals surface area (Å²) in [5, 5.41) is 2.78. The molecular formula is C19H25NO4. The molecule has 0 aromatic heterocycles. The molecule has 130 valence electrons. The Morgan fingerprint density at radius 1 is 1.17 bits per heavy atom. The lowest BCUT2D eigenvalue weighted by Gasteiger charge is -2.27. The lowest BCUT2D eigenvalue weighted by atomic mass is 9.79. The summed E-state index contributed by atoms with van der Waals surface area (Å²) in [5.74, 6) is -0.543. The number of esters is 1. The van der Waals surface area contributed by atoms with Crippen LogP contribution in [-0.2, 0) is 24.5 Å². The number of carbonyl (C=O) groups is 2. The van der Waals surface area contributed by atoms with Crippen molar-refractivity contribution in [2.24, 2.45) is 0 Å². The molecule has 3 rings (SSSR count). The summed E-state index contributed by atoms with van der Waals surface area (Å²) in [6.45, 7) is 1.02. The Bertz CT molecular complexity index is 560. The first-order chi connectivity index (χ1) is 11.7. The fraction of sp³-hybridized carbons (Fsp3) is 0.579. The number of benzene rings is 1. The molecule has 0 unspecified atom stereocenters. The van der Waals surface area contributed by atoms with Gasteiger partial charge in [-0.15, -0.1) is 0 Å². The van der Waals surface area contributed by atoms with E-state index in [-0.39, 0.29) is 24.6 Å². The molecule has 1 amide bonds. The van der Waals surface area contributed by atoms with Crippen molar-refractivity contribution >= 4 is 11.9 Å². The van der Waals surface area contributed by atoms with E-state index in [4.69, 9.17) is 9.47 Å². The third-order valence-electron chi connectivity index (χ3n) is 5.06. The smallest absolute Gasteiger partial charge is 0.317 e. The molecule has 1 aliphatic carbocycles. The summed E-state index contributed by atoms with van der Waals surface area (Å²) in [6.07, 6.45) is 5.69. The number of amides is 1. The maximum atomic E-state index is 12.7. The minimum atomic E-state index is -0.587. The van der Waals surface area contributed by atoms with E-state index in [2.05, 4.69) is 5.32 Å². The van der Waals surface area contributed by atoms with E-state index in [0.29, 0.717) is 6.54 Å². The molecule has 1 saturated heterocycles. The van der Waals surface area contributed by atoms with Crippen molar-refractivity contribution in [3.8, 4) is 0 Å². The van der Waals surface area contributed by atoms with Crippen LogP contribution in [-0.4, -0.2) is 37.7 Å². The normalized spacial score (nSPS) is 22.2. The van der Waals surface area contributed by atoms with E-state index >= 15 is 0 Å². The Balaban J connectivity index is 1.53. The topological polar surface area (TPSA) is 64.6 Å². The van der Waals surface area contributed by atoms with Gasteiger partial charge in [0.05, 0.1) is 11.5 Å². The van der Waals surface area contributed by atoms with Crippen LogP contribution in [0.5, 0.6) is 0 Å². The zero-order chi connectivity index (χ0) is 16.8. The molecule has 5 heteroatoms. The molecule has 1 aromatic rings. The maximum absolute atomic E-state index is 12.7. The van der Waals surface area contributed by atoms with Gasteiger partial charge < -0.3 is 14.8 Å². The molecular weight excluding hydrogens is 306 g/mol. The number of carbonyl (C=O) groups excluding carboxylic acids is 2. The van der Waals surface area contributed by atoms with Crippen LogP contribution in [0.4, 0.5) is 0 Å². The number of hydrogen-bond donors (Lipinski definition) is 1. The van der Waals surface area contributed by atoms with Crippen molar-refractivity contribution < 1.29 is 19.1 Å². The summed E-state index contributed by atoms with van der Waals surface area (Å²) in [4.78, 5) is 24.6. The van der Waals surface area contributed by atoms with Gasteiger partial charge in [-0.25, -0.2) is 0 Å². The van der Waals surface area contributed by atoms with Gasteiger partial charge in [0.15, 0.2) is 6.61 Å². The Labute approximate surface area is 142 Å². The van der Waals surface area contributed by atoms with Crippen LogP contribution in [0.1, 0.15) is 44.1 Å². The predicted octanol–water partition coefficient (Wildman–Crippen LogP) is 2.34. The van der Waals surface area contributed by atoms with Gasteiger partial charge >= 0.3 is 5.97 Å². The predicted molar refractivity (Wildman–Crippen MR) is 89.5 cm³/mol. The van der Waals surface area contributed by atoms with Crippen molar-refractivity contribution in [1.29, 1.82) is 0 Å². The first-order valence-electron chi connectivity index (χ1n) is 8.82. The summed E-state index contributed by atoms with van der Waals surface area (Å²) in [7, 11) is 0. The molecule has 1 aromatic carbocycles. The van der Waals surface area contributed by atoms with Crippen molar-refractivity contribution in [2.45, 2.75) is 50.0 Å². The SMILES string of the molecule is O=C(COC(=O)C1(c2ccccc2)CCCC1)NC[C@H]1CCCO1. The Morgan fingerprint density at radius 3 is 2.58 bits per heavy atom. The minimum Gasteiger partial charge on any atom is -0.455 e. The van der Waals surface area contributed by atoms with Gasteiger partial charge in [0.1, 0.15) is 0 Å². The number of rotatable bonds is 6. The molecule has 1 saturated carbocycles. The molecule has 1 N–H and O–H groups in total. The average molecular weight is 331 g/mol. The van der Waals surface area contributed by atoms with Gasteiger partial charge in [-0.05, 0) is 31.2 Å². The lowest BCUT2D eigenvalue weighted by Crippen LogP contribution is -2.39. The number of hydrogen-bond acceptors (Lipinski definition) is 4. The minimum absolute atomic E-state index is 0.0927. The number of ether oxygens (including phenoxy) is 2. The third-order valence-corrected chi connectivity index (χ3v) is 5.06. The fourth-order valence-corrected chi connectivity index (χ4v) is 3.70. The molecule has 5 nitrogen and oxygen atoms in total. The van der Waals surface area contributed by atoms with Crippen LogP contribution in [0.15, 0.2) is 30.3 Å². The fourth-order valence-electron chi connectivity index (χ4n) is 3.70. The van der Waals surface area contributed by atoms with Crippen molar-refractivity contribution in [3.63, 3.8) is 0 Å². The van der Waals surface area contributed by atoms with E-state index in [1.165, 1.54) is 0 Å². The zero-order valence-electron chi connectivity index (χ0n) is 14.0. The van der Waals surface area contributed by atoms with Crippen LogP contribution in [0.3, 0.4) is 0 Å². The van der Waals surface area contributed by atoms with Crippen LogP contribution in [0, 0.1) is 0 Å². The summed E-state index contributed by atoms with van der Waals surface area (Å²) < 4.78 is 10.8. The molecule has 2 fully saturated rings. The van der Waals surface area contributed by atoms with E-state index in [0.717, 1.165) is 50.7 Å². The van der Waals surface area contributed by atoms with Crippen LogP contribution >= 0.6 is 0 Å². The summed E-state index contributed by atoms with van der Waals surface area (Å²) in [5.41, 5.74) is 0.406. The summed E-state index contributed by atoms with van der Waals surface area (Å²) >= 11 is 0. The highest BCUT2D eigenvalue weighted by atomic mass is 16.5. The van der Waals surface area contributed by atoms with E-state index in [9.17, 15) is 9.59 Å². The molecule has 0 bridgehead atoms. The zero-order valence-corrected chi connectivity index (χ0v) is 14.0. The van der Waals surface area contributed by atoms with Gasteiger partial charge in [0.2, 0.25) is 0 Å². The first-order valence-corrected chi connectivity index (χ1v) is 8.82. The van der Waals surface area contributed by atoms with Gasteiger partial charge in [0, 0.05) is 13.2 Å². The monoisotopic (exact) mass is 331 g/mol. The summed E-state index contributed by atoms with van der Waals surface area (Å²) in [6, 6.07) is 9.78. The highest BCUT2D eigenvalue weighted by Gasteiger charge is 2.44. The van der Waals surface area contributed by atoms with E-state index in [1.54, 1.807) is 0 Å². The molecule has 1 heterocycles. The highest BCUT2D eigenvalue weighted by Crippen LogP contribution is 2.42. The number of nitrogens with one attached hydrogen (secondary N) is 1. The Hall–Kier alpha value is -1.88. The quantitative estimate of drug-likeness (QED) is 0.813. The van der Waals surface area contributed by atoms with E-state index in [1.807, 2.05) is 30.3 Å². The van der Waals surface area contributed by atoms with Crippen molar-refractivity contribution in [2.75, 3.05) is 19.8 Å². The van der Waals surface area contributed by atoms with Crippen molar-refractivity contribution in [3.05, 3.63) is 35.9 Å². The van der Waals surface area contributed by atoms with Gasteiger partial charge in [-0.1, -0.05) is 43.2 Å². The molecule has 0 radical (unpaired) electrons. The second-order valence-electron chi connectivity index (χ2n) is 6.67. The molecule has 24 heavy (non-hydrogen) atoms. The average Bonchev–Trinajstić information content (AvgIpc) is 3.30. The van der Waals surface area contributed by atoms with Gasteiger partial charge in [-0.3, -0.25) is 9.59 Å². The molecule has 1 atom stereocenters. The maximum Gasteiger partial charge on any atom is 0.317 e.